The molecule has 0 saturated carbocycles. The van der Waals surface area contributed by atoms with Gasteiger partial charge in [-0.25, -0.2) is 19.6 Å². The summed E-state index contributed by atoms with van der Waals surface area (Å²) in [5.41, 5.74) is 12.8. The summed E-state index contributed by atoms with van der Waals surface area (Å²) in [6.07, 6.45) is 10.3. The fraction of sp³-hybridized carbons (Fsp3) is 0.471. The van der Waals surface area contributed by atoms with Crippen LogP contribution in [0.2, 0.25) is 0 Å². The highest BCUT2D eigenvalue weighted by Gasteiger charge is 2.39. The van der Waals surface area contributed by atoms with E-state index in [0.29, 0.717) is 16.8 Å². The van der Waals surface area contributed by atoms with Gasteiger partial charge >= 0.3 is 11.9 Å². The molecule has 1 saturated heterocycles. The summed E-state index contributed by atoms with van der Waals surface area (Å²) < 4.78 is 14.3. The molecule has 2 aromatic heterocycles. The molecule has 59 heavy (non-hydrogen) atoms. The van der Waals surface area contributed by atoms with E-state index in [2.05, 4.69) is 108 Å². The zero-order valence-corrected chi connectivity index (χ0v) is 37.5. The van der Waals surface area contributed by atoms with E-state index in [4.69, 9.17) is 9.47 Å². The van der Waals surface area contributed by atoms with Crippen molar-refractivity contribution in [2.75, 3.05) is 27.4 Å². The third-order valence-electron chi connectivity index (χ3n) is 12.7. The van der Waals surface area contributed by atoms with Crippen molar-refractivity contribution in [3.05, 3.63) is 135 Å². The number of methoxy groups -OCH3 is 2. The quantitative estimate of drug-likeness (QED) is 0.140. The second-order valence-electron chi connectivity index (χ2n) is 18.9. The standard InChI is InChI=1S/C24H29NO2.C23H27NO3.C4H8O/c1-15-12-19-20(24(5,6)11-10-23(19,3)4)13-18(15)16(2)17-8-9-21(25-14-17)22(26)27-7;1-14-11-17-18(23(4,5)10-9-22(17,2)3)12-16(14)20(25)15-7-8-19(24-13-15)21(26)27-6;1-2-4-5-3-1/h8-9,12-14H,2,10-11H2,1,3-7H3;7-8,11-13H,9-10H2,1-6H3;1-4H2. The molecule has 7 rings (SSSR count). The number of esters is 2. The highest BCUT2D eigenvalue weighted by Crippen LogP contribution is 2.48. The largest absolute Gasteiger partial charge is 0.464 e. The summed E-state index contributed by atoms with van der Waals surface area (Å²) in [4.78, 5) is 44.6. The number of carbonyl (C=O) groups excluding carboxylic acids is 3. The molecule has 1 fully saturated rings. The van der Waals surface area contributed by atoms with Gasteiger partial charge < -0.3 is 14.2 Å². The molecule has 314 valence electrons. The number of nitrogens with zero attached hydrogens (tertiary/aromatic N) is 2. The first kappa shape index (κ1) is 45.1. The summed E-state index contributed by atoms with van der Waals surface area (Å²) >= 11 is 0. The van der Waals surface area contributed by atoms with E-state index in [1.807, 2.05) is 13.0 Å². The molecule has 3 heterocycles. The maximum absolute atomic E-state index is 13.1. The third kappa shape index (κ3) is 9.92. The monoisotopic (exact) mass is 800 g/mol. The molecule has 0 spiro atoms. The first-order chi connectivity index (χ1) is 27.6. The van der Waals surface area contributed by atoms with E-state index in [1.165, 1.54) is 80.0 Å². The lowest BCUT2D eigenvalue weighted by Gasteiger charge is -2.42. The van der Waals surface area contributed by atoms with Crippen molar-refractivity contribution in [2.45, 2.75) is 129 Å². The number of ether oxygens (including phenoxy) is 3. The normalized spacial score (nSPS) is 17.7. The summed E-state index contributed by atoms with van der Waals surface area (Å²) in [6.45, 7) is 28.8. The van der Waals surface area contributed by atoms with Gasteiger partial charge in [-0.2, -0.15) is 0 Å². The third-order valence-corrected chi connectivity index (χ3v) is 12.7. The SMILES string of the molecule is C1CCOC1.C=C(c1ccc(C(=O)OC)nc1)c1cc2c(cc1C)C(C)(C)CCC2(C)C.COC(=O)c1ccc(C(=O)c2cc3c(cc2C)C(C)(C)CCC3(C)C)cn1. The molecule has 0 atom stereocenters. The highest BCUT2D eigenvalue weighted by molar-refractivity contribution is 6.10. The van der Waals surface area contributed by atoms with Gasteiger partial charge in [0.05, 0.1) is 14.2 Å². The van der Waals surface area contributed by atoms with Crippen LogP contribution in [0.3, 0.4) is 0 Å². The molecule has 8 nitrogen and oxygen atoms in total. The Morgan fingerprint density at radius 3 is 1.31 bits per heavy atom. The molecule has 2 aromatic carbocycles. The van der Waals surface area contributed by atoms with Crippen LogP contribution < -0.4 is 0 Å². The zero-order valence-electron chi connectivity index (χ0n) is 37.5. The Hall–Kier alpha value is -4.95. The topological polar surface area (TPSA) is 105 Å². The molecule has 4 aromatic rings. The molecule has 0 bridgehead atoms. The number of ketones is 1. The van der Waals surface area contributed by atoms with Crippen molar-refractivity contribution in [3.63, 3.8) is 0 Å². The van der Waals surface area contributed by atoms with Gasteiger partial charge in [-0.3, -0.25) is 4.79 Å². The summed E-state index contributed by atoms with van der Waals surface area (Å²) in [7, 11) is 2.67. The molecule has 1 aliphatic heterocycles. The van der Waals surface area contributed by atoms with Crippen LogP contribution in [0.1, 0.15) is 175 Å². The van der Waals surface area contributed by atoms with Crippen LogP contribution in [-0.4, -0.2) is 55.1 Å². The number of rotatable bonds is 6. The van der Waals surface area contributed by atoms with Crippen molar-refractivity contribution in [1.82, 2.24) is 9.97 Å². The lowest BCUT2D eigenvalue weighted by Crippen LogP contribution is -2.34. The Balaban J connectivity index is 0.000000200. The van der Waals surface area contributed by atoms with Crippen molar-refractivity contribution >= 4 is 23.3 Å². The highest BCUT2D eigenvalue weighted by atomic mass is 16.5. The maximum atomic E-state index is 13.1. The van der Waals surface area contributed by atoms with E-state index < -0.39 is 11.9 Å². The van der Waals surface area contributed by atoms with Gasteiger partial charge in [-0.15, -0.1) is 0 Å². The molecule has 0 unspecified atom stereocenters. The Labute approximate surface area is 352 Å². The van der Waals surface area contributed by atoms with Crippen LogP contribution in [0.4, 0.5) is 0 Å². The predicted octanol–water partition coefficient (Wildman–Crippen LogP) is 11.1. The Morgan fingerprint density at radius 1 is 0.576 bits per heavy atom. The van der Waals surface area contributed by atoms with Crippen LogP contribution >= 0.6 is 0 Å². The molecule has 0 radical (unpaired) electrons. The van der Waals surface area contributed by atoms with E-state index >= 15 is 0 Å². The van der Waals surface area contributed by atoms with Crippen LogP contribution in [0, 0.1) is 13.8 Å². The Bertz CT molecular complexity index is 2050. The van der Waals surface area contributed by atoms with E-state index in [9.17, 15) is 14.4 Å². The van der Waals surface area contributed by atoms with Gasteiger partial charge in [0.2, 0.25) is 0 Å². The van der Waals surface area contributed by atoms with Gasteiger partial charge in [0.25, 0.3) is 0 Å². The molecular weight excluding hydrogens is 737 g/mol. The molecule has 0 N–H and O–H groups in total. The summed E-state index contributed by atoms with van der Waals surface area (Å²) in [6, 6.07) is 15.6. The smallest absolute Gasteiger partial charge is 0.356 e. The van der Waals surface area contributed by atoms with Gasteiger partial charge in [0.1, 0.15) is 11.4 Å². The number of fused-ring (bicyclic) bond motifs is 2. The van der Waals surface area contributed by atoms with E-state index in [-0.39, 0.29) is 33.1 Å². The van der Waals surface area contributed by atoms with Crippen molar-refractivity contribution in [3.8, 4) is 0 Å². The van der Waals surface area contributed by atoms with E-state index in [1.54, 1.807) is 18.3 Å². The number of benzene rings is 2. The molecular formula is C51H64N2O6. The molecule has 8 heteroatoms. The predicted molar refractivity (Wildman–Crippen MR) is 236 cm³/mol. The minimum atomic E-state index is -0.511. The minimum absolute atomic E-state index is 0.0422. The van der Waals surface area contributed by atoms with Gasteiger partial charge in [0, 0.05) is 42.3 Å². The zero-order chi connectivity index (χ0) is 43.5. The average Bonchev–Trinajstić information content (AvgIpc) is 3.81. The van der Waals surface area contributed by atoms with Crippen molar-refractivity contribution in [2.24, 2.45) is 0 Å². The van der Waals surface area contributed by atoms with Crippen LogP contribution in [-0.2, 0) is 35.9 Å². The molecule has 3 aliphatic rings. The second kappa shape index (κ2) is 17.7. The van der Waals surface area contributed by atoms with Gasteiger partial charge in [-0.05, 0) is 143 Å². The summed E-state index contributed by atoms with van der Waals surface area (Å²) in [5, 5.41) is 0. The van der Waals surface area contributed by atoms with Crippen molar-refractivity contribution in [1.29, 1.82) is 0 Å². The second-order valence-corrected chi connectivity index (χ2v) is 18.9. The Kier molecular flexibility index (Phi) is 13.6. The number of carbonyl (C=O) groups is 3. The lowest BCUT2D eigenvalue weighted by molar-refractivity contribution is 0.0585. The summed E-state index contributed by atoms with van der Waals surface area (Å²) in [5.74, 6) is -1.01. The fourth-order valence-electron chi connectivity index (χ4n) is 8.39. The first-order valence-corrected chi connectivity index (χ1v) is 20.9. The number of pyridine rings is 2. The first-order valence-electron chi connectivity index (χ1n) is 20.9. The molecule has 2 aliphatic carbocycles. The molecule has 0 amide bonds. The Morgan fingerprint density at radius 2 is 0.949 bits per heavy atom. The fourth-order valence-corrected chi connectivity index (χ4v) is 8.39. The minimum Gasteiger partial charge on any atom is -0.464 e. The van der Waals surface area contributed by atoms with Crippen molar-refractivity contribution < 1.29 is 28.6 Å². The lowest BCUT2D eigenvalue weighted by atomic mass is 9.62. The van der Waals surface area contributed by atoms with E-state index in [0.717, 1.165) is 48.3 Å². The number of hydrogen-bond donors (Lipinski definition) is 0. The van der Waals surface area contributed by atoms with Gasteiger partial charge in [0.15, 0.2) is 5.78 Å². The number of hydrogen-bond acceptors (Lipinski definition) is 8. The van der Waals surface area contributed by atoms with Gasteiger partial charge in [-0.1, -0.05) is 86.2 Å². The maximum Gasteiger partial charge on any atom is 0.356 e. The van der Waals surface area contributed by atoms with Crippen LogP contribution in [0.25, 0.3) is 5.57 Å². The number of aryl methyl sites for hydroxylation is 2. The van der Waals surface area contributed by atoms with Crippen LogP contribution in [0.15, 0.2) is 67.5 Å². The average molecular weight is 801 g/mol. The number of aromatic nitrogens is 2. The van der Waals surface area contributed by atoms with Crippen LogP contribution in [0.5, 0.6) is 0 Å².